The van der Waals surface area contributed by atoms with E-state index in [1.165, 1.54) is 12.1 Å². The number of amides is 1. The maximum Gasteiger partial charge on any atom is 0.310 e. The van der Waals surface area contributed by atoms with Crippen LogP contribution >= 0.6 is 0 Å². The molecule has 1 amide bonds. The highest BCUT2D eigenvalue weighted by Gasteiger charge is 2.24. The number of fused-ring (bicyclic) bond motifs is 1. The maximum absolute atomic E-state index is 13.8. The zero-order valence-electron chi connectivity index (χ0n) is 15.1. The summed E-state index contributed by atoms with van der Waals surface area (Å²) in [5.74, 6) is -1.73. The van der Waals surface area contributed by atoms with Crippen LogP contribution in [0, 0.1) is 5.82 Å². The van der Waals surface area contributed by atoms with Crippen LogP contribution < -0.4 is 5.48 Å². The number of halogens is 1. The Hall–Kier alpha value is -3.12. The summed E-state index contributed by atoms with van der Waals surface area (Å²) in [6.07, 6.45) is 5.95. The van der Waals surface area contributed by atoms with Gasteiger partial charge in [-0.25, -0.2) is 9.87 Å². The molecule has 1 N–H and O–H groups in total. The van der Waals surface area contributed by atoms with Crippen LogP contribution in [0.5, 0.6) is 0 Å². The van der Waals surface area contributed by atoms with Gasteiger partial charge < -0.3 is 0 Å². The van der Waals surface area contributed by atoms with Gasteiger partial charge in [0.25, 0.3) is 0 Å². The Kier molecular flexibility index (Phi) is 5.57. The molecule has 0 radical (unpaired) electrons. The summed E-state index contributed by atoms with van der Waals surface area (Å²) < 4.78 is 13.8. The number of hydrogen-bond acceptors (Lipinski definition) is 4. The number of benzene rings is 1. The molecule has 1 aliphatic rings. The Morgan fingerprint density at radius 3 is 2.63 bits per heavy atom. The van der Waals surface area contributed by atoms with Crippen LogP contribution in [0.3, 0.4) is 0 Å². The number of hydrogen-bond donors (Lipinski definition) is 1. The summed E-state index contributed by atoms with van der Waals surface area (Å²) in [5, 5.41) is 0. The lowest BCUT2D eigenvalue weighted by molar-refractivity contribution is -0.144. The third-order valence-corrected chi connectivity index (χ3v) is 4.41. The number of carbonyl (C=O) groups is 2. The van der Waals surface area contributed by atoms with E-state index in [1.54, 1.807) is 18.5 Å². The molecular formula is C21H19FN2O3. The fraction of sp³-hybridized carbons (Fsp3) is 0.190. The number of ketones is 1. The Morgan fingerprint density at radius 2 is 1.93 bits per heavy atom. The van der Waals surface area contributed by atoms with Gasteiger partial charge in [0.2, 0.25) is 5.78 Å². The summed E-state index contributed by atoms with van der Waals surface area (Å²) in [6.45, 7) is 3.32. The van der Waals surface area contributed by atoms with Crippen molar-refractivity contribution in [3.8, 4) is 0 Å². The van der Waals surface area contributed by atoms with E-state index in [4.69, 9.17) is 4.84 Å². The van der Waals surface area contributed by atoms with E-state index in [-0.39, 0.29) is 12.4 Å². The van der Waals surface area contributed by atoms with Gasteiger partial charge in [-0.05, 0) is 77.1 Å². The maximum atomic E-state index is 13.8. The lowest BCUT2D eigenvalue weighted by Gasteiger charge is -2.07. The normalized spacial score (nSPS) is 14.4. The molecular weight excluding hydrogens is 347 g/mol. The summed E-state index contributed by atoms with van der Waals surface area (Å²) in [7, 11) is 0. The van der Waals surface area contributed by atoms with Gasteiger partial charge >= 0.3 is 5.91 Å². The first-order valence-corrected chi connectivity index (χ1v) is 8.52. The number of allylic oxidation sites excluding steroid dienone is 2. The molecule has 0 atom stereocenters. The highest BCUT2D eigenvalue weighted by molar-refractivity contribution is 6.34. The minimum atomic E-state index is -0.795. The van der Waals surface area contributed by atoms with Crippen LogP contribution in [-0.4, -0.2) is 23.3 Å². The van der Waals surface area contributed by atoms with E-state index in [0.29, 0.717) is 6.42 Å². The zero-order valence-corrected chi connectivity index (χ0v) is 15.1. The number of nitrogens with one attached hydrogen (secondary N) is 1. The average molecular weight is 366 g/mol. The second-order valence-corrected chi connectivity index (χ2v) is 6.22. The molecule has 27 heavy (non-hydrogen) atoms. The van der Waals surface area contributed by atoms with E-state index in [1.807, 2.05) is 25.1 Å². The predicted octanol–water partition coefficient (Wildman–Crippen LogP) is 3.58. The van der Waals surface area contributed by atoms with Crippen molar-refractivity contribution >= 4 is 28.9 Å². The molecule has 1 aromatic heterocycles. The first-order valence-electron chi connectivity index (χ1n) is 8.52. The molecule has 3 rings (SSSR count). The van der Waals surface area contributed by atoms with E-state index >= 15 is 0 Å². The summed E-state index contributed by atoms with van der Waals surface area (Å²) >= 11 is 0. The lowest BCUT2D eigenvalue weighted by Crippen LogP contribution is -2.29. The van der Waals surface area contributed by atoms with Gasteiger partial charge in [-0.1, -0.05) is 6.07 Å². The lowest BCUT2D eigenvalue weighted by atomic mass is 10.0. The van der Waals surface area contributed by atoms with Crippen LogP contribution in [0.1, 0.15) is 37.0 Å². The van der Waals surface area contributed by atoms with Crippen LogP contribution in [-0.2, 0) is 14.4 Å². The molecule has 0 bridgehead atoms. The number of Topliss-reactive ketones (excluding diaryl/α,β-unsaturated/α-hetero) is 1. The topological polar surface area (TPSA) is 68.3 Å². The standard InChI is InChI=1S/C21H19FN2O3/c1-13-17(7-10-27-24-21(26)14(2)25)20-12-16(22)3-4-18(20)19(13)11-15-5-8-23-9-6-15/h3-6,8-9,11-12H,7,10H2,1-2H3,(H,24,26)/b19-11-. The van der Waals surface area contributed by atoms with Crippen molar-refractivity contribution < 1.29 is 18.8 Å². The van der Waals surface area contributed by atoms with Gasteiger partial charge in [-0.3, -0.25) is 19.4 Å². The van der Waals surface area contributed by atoms with Gasteiger partial charge in [-0.2, -0.15) is 0 Å². The molecule has 0 fully saturated rings. The molecule has 2 aromatic rings. The highest BCUT2D eigenvalue weighted by atomic mass is 19.1. The molecule has 0 spiro atoms. The summed E-state index contributed by atoms with van der Waals surface area (Å²) in [4.78, 5) is 31.3. The number of pyridine rings is 1. The number of carbonyl (C=O) groups excluding carboxylic acids is 2. The highest BCUT2D eigenvalue weighted by Crippen LogP contribution is 2.43. The molecule has 0 unspecified atom stereocenters. The molecule has 0 aliphatic heterocycles. The van der Waals surface area contributed by atoms with Crippen LogP contribution in [0.25, 0.3) is 17.2 Å². The van der Waals surface area contributed by atoms with Crippen molar-refractivity contribution in [2.75, 3.05) is 6.61 Å². The van der Waals surface area contributed by atoms with Crippen LogP contribution in [0.2, 0.25) is 0 Å². The van der Waals surface area contributed by atoms with Gasteiger partial charge in [0.05, 0.1) is 6.61 Å². The average Bonchev–Trinajstić information content (AvgIpc) is 2.90. The molecule has 6 heteroatoms. The third-order valence-electron chi connectivity index (χ3n) is 4.41. The van der Waals surface area contributed by atoms with Crippen molar-refractivity contribution in [2.45, 2.75) is 20.3 Å². The van der Waals surface area contributed by atoms with Crippen molar-refractivity contribution in [1.82, 2.24) is 10.5 Å². The Labute approximate surface area is 156 Å². The molecule has 1 aliphatic carbocycles. The molecule has 1 heterocycles. The van der Waals surface area contributed by atoms with Crippen molar-refractivity contribution in [3.05, 3.63) is 70.8 Å². The first kappa shape index (κ1) is 18.7. The van der Waals surface area contributed by atoms with E-state index in [2.05, 4.69) is 10.5 Å². The molecule has 1 aromatic carbocycles. The Morgan fingerprint density at radius 1 is 1.19 bits per heavy atom. The molecule has 0 saturated carbocycles. The van der Waals surface area contributed by atoms with E-state index in [9.17, 15) is 14.0 Å². The molecule has 0 saturated heterocycles. The second-order valence-electron chi connectivity index (χ2n) is 6.22. The number of rotatable bonds is 6. The van der Waals surface area contributed by atoms with Crippen molar-refractivity contribution in [1.29, 1.82) is 0 Å². The summed E-state index contributed by atoms with van der Waals surface area (Å²) in [5.41, 5.74) is 7.85. The molecule has 5 nitrogen and oxygen atoms in total. The summed E-state index contributed by atoms with van der Waals surface area (Å²) in [6, 6.07) is 8.53. The zero-order chi connectivity index (χ0) is 19.4. The Balaban J connectivity index is 1.86. The first-order chi connectivity index (χ1) is 13.0. The van der Waals surface area contributed by atoms with Gasteiger partial charge in [-0.15, -0.1) is 0 Å². The van der Waals surface area contributed by atoms with E-state index < -0.39 is 11.7 Å². The quantitative estimate of drug-likeness (QED) is 0.482. The smallest absolute Gasteiger partial charge is 0.289 e. The third kappa shape index (κ3) is 4.17. The van der Waals surface area contributed by atoms with Gasteiger partial charge in [0, 0.05) is 19.3 Å². The number of hydroxylamine groups is 1. The van der Waals surface area contributed by atoms with Gasteiger partial charge in [0.1, 0.15) is 5.82 Å². The SMILES string of the molecule is CC(=O)C(=O)NOCCC1=C(C)/C(=C/c2ccncc2)c2ccc(F)cc21. The van der Waals surface area contributed by atoms with Gasteiger partial charge in [0.15, 0.2) is 0 Å². The second kappa shape index (κ2) is 8.05. The largest absolute Gasteiger partial charge is 0.310 e. The minimum absolute atomic E-state index is 0.171. The minimum Gasteiger partial charge on any atom is -0.289 e. The fourth-order valence-electron chi connectivity index (χ4n) is 3.04. The Bertz CT molecular complexity index is 949. The molecule has 138 valence electrons. The number of nitrogens with zero attached hydrogens (tertiary/aromatic N) is 1. The van der Waals surface area contributed by atoms with Crippen LogP contribution in [0.15, 0.2) is 48.3 Å². The van der Waals surface area contributed by atoms with E-state index in [0.717, 1.165) is 40.3 Å². The van der Waals surface area contributed by atoms with Crippen LogP contribution in [0.4, 0.5) is 4.39 Å². The monoisotopic (exact) mass is 366 g/mol. The van der Waals surface area contributed by atoms with Crippen molar-refractivity contribution in [2.24, 2.45) is 0 Å². The van der Waals surface area contributed by atoms with Crippen molar-refractivity contribution in [3.63, 3.8) is 0 Å². The number of aromatic nitrogens is 1. The fourth-order valence-corrected chi connectivity index (χ4v) is 3.04. The predicted molar refractivity (Wildman–Crippen MR) is 100 cm³/mol.